The smallest absolute Gasteiger partial charge is 0.350 e. The molecular weight excluding hydrogens is 1050 g/mol. The third-order valence-corrected chi connectivity index (χ3v) is 31.5. The van der Waals surface area contributed by atoms with Crippen molar-refractivity contribution in [1.82, 2.24) is 0 Å². The van der Waals surface area contributed by atoms with Gasteiger partial charge >= 0.3 is 29.1 Å². The van der Waals surface area contributed by atoms with Gasteiger partial charge in [0.05, 0.1) is 13.2 Å². The Kier molecular flexibility index (Phi) is 45.5. The van der Waals surface area contributed by atoms with Gasteiger partial charge in [-0.2, -0.15) is 0 Å². The lowest BCUT2D eigenvalue weighted by Crippen LogP contribution is -2.63. The quantitative estimate of drug-likeness (QED) is 0.0420. The number of aliphatic hydroxyl groups is 1. The highest BCUT2D eigenvalue weighted by Gasteiger charge is 2.47. The van der Waals surface area contributed by atoms with E-state index in [0.29, 0.717) is 42.4 Å². The van der Waals surface area contributed by atoms with E-state index in [-0.39, 0.29) is 62.3 Å². The summed E-state index contributed by atoms with van der Waals surface area (Å²) < 4.78 is 61.2. The number of benzene rings is 2. The predicted molar refractivity (Wildman–Crippen MR) is 344 cm³/mol. The minimum atomic E-state index is -2.93. The molecule has 0 radical (unpaired) electrons. The summed E-state index contributed by atoms with van der Waals surface area (Å²) in [6, 6.07) is 22.6. The van der Waals surface area contributed by atoms with Gasteiger partial charge in [0.15, 0.2) is 39.1 Å². The number of carbonyl (C=O) groups excluding carboxylic acids is 3. The molecule has 2 N–H and O–H groups in total. The first kappa shape index (κ1) is 82.8. The molecule has 440 valence electrons. The normalized spacial score (nSPS) is 12.5. The van der Waals surface area contributed by atoms with E-state index in [1.165, 1.54) is 5.19 Å². The highest BCUT2D eigenvalue weighted by molar-refractivity contribution is 6.95. The van der Waals surface area contributed by atoms with Crippen LogP contribution in [0.4, 0.5) is 0 Å². The maximum Gasteiger partial charge on any atom is 0.350 e. The Labute approximate surface area is 470 Å². The summed E-state index contributed by atoms with van der Waals surface area (Å²) >= 11 is 0. The minimum absolute atomic E-state index is 0. The Morgan fingerprint density at radius 1 is 0.554 bits per heavy atom. The summed E-state index contributed by atoms with van der Waals surface area (Å²) in [6.45, 7) is 45.6. The van der Waals surface area contributed by atoms with Crippen LogP contribution in [0.25, 0.3) is 0 Å². The zero-order valence-corrected chi connectivity index (χ0v) is 52.6. The van der Waals surface area contributed by atoms with Crippen LogP contribution in [0.5, 0.6) is 0 Å². The minimum Gasteiger partial charge on any atom is -0.462 e. The van der Waals surface area contributed by atoms with Crippen LogP contribution in [-0.4, -0.2) is 120 Å². The summed E-state index contributed by atoms with van der Waals surface area (Å²) in [5.41, 5.74) is 1.17. The average molecular weight is 1170 g/mol. The van der Waals surface area contributed by atoms with E-state index in [2.05, 4.69) is 123 Å². The largest absolute Gasteiger partial charge is 0.462 e. The average Bonchev–Trinajstić information content (AvgIpc) is 3.29. The molecule has 2 atom stereocenters. The van der Waals surface area contributed by atoms with Crippen molar-refractivity contribution >= 4 is 86.8 Å². The molecule has 0 aromatic heterocycles. The summed E-state index contributed by atoms with van der Waals surface area (Å²) in [5, 5.41) is 12.7. The van der Waals surface area contributed by atoms with Gasteiger partial charge in [-0.15, -0.1) is 0 Å². The lowest BCUT2D eigenvalue weighted by molar-refractivity contribution is -0.139. The monoisotopic (exact) mass is 1170 g/mol. The molecule has 0 aliphatic carbocycles. The molecule has 0 saturated carbocycles. The summed E-state index contributed by atoms with van der Waals surface area (Å²) in [6.07, 6.45) is 0.716. The van der Waals surface area contributed by atoms with Crippen LogP contribution in [0.3, 0.4) is 0 Å². The van der Waals surface area contributed by atoms with Gasteiger partial charge in [0.25, 0.3) is 0 Å². The Bertz CT molecular complexity index is 1870. The van der Waals surface area contributed by atoms with Crippen LogP contribution in [0.2, 0.25) is 110 Å². The zero-order valence-electron chi connectivity index (χ0n) is 49.6. The van der Waals surface area contributed by atoms with Crippen LogP contribution in [0.1, 0.15) is 90.5 Å². The molecule has 2 aromatic rings. The SMILES string of the molecule is C.C.C.C.C.C.C=C(C)C(=O)OCCC[Si](C)(C)O.C=C(C)C(=O)OCCC[Si](C)(C)O[Si](C)(C)O[Si](C)(O[Si](C)(C)CCC(O)C(=O)C(=C)C)c1ccccc1.CO[Si](C)(C)C.CO[Si](C)(C)c1ccccc1.[2H][2H].[2H][2H]. The second-order valence-corrected chi connectivity index (χ2v) is 49.5. The van der Waals surface area contributed by atoms with Crippen molar-refractivity contribution in [2.45, 2.75) is 200 Å². The van der Waals surface area contributed by atoms with Gasteiger partial charge in [-0.25, -0.2) is 9.59 Å². The first-order chi connectivity index (χ1) is 32.8. The molecule has 0 amide bonds. The van der Waals surface area contributed by atoms with Crippen molar-refractivity contribution < 1.29 is 60.9 Å². The topological polar surface area (TPSA) is 156 Å². The molecule has 19 heteroatoms. The molecule has 2 aromatic carbocycles. The molecule has 0 heterocycles. The van der Waals surface area contributed by atoms with E-state index in [1.807, 2.05) is 49.5 Å². The van der Waals surface area contributed by atoms with Crippen LogP contribution >= 0.6 is 0 Å². The second-order valence-electron chi connectivity index (χ2n) is 21.0. The van der Waals surface area contributed by atoms with E-state index in [1.54, 1.807) is 35.0 Å². The number of esters is 2. The molecule has 0 aliphatic rings. The number of rotatable bonds is 25. The lowest BCUT2D eigenvalue weighted by atomic mass is 10.1. The fourth-order valence-corrected chi connectivity index (χ4v) is 27.2. The molecule has 2 rings (SSSR count). The summed E-state index contributed by atoms with van der Waals surface area (Å²) in [7, 11) is -11.2. The van der Waals surface area contributed by atoms with Gasteiger partial charge in [-0.3, -0.25) is 4.79 Å². The Balaban J connectivity index is -0.000000119. The van der Waals surface area contributed by atoms with Gasteiger partial charge in [0.2, 0.25) is 8.32 Å². The molecule has 0 spiro atoms. The first-order valence-electron chi connectivity index (χ1n) is 25.4. The van der Waals surface area contributed by atoms with Crippen LogP contribution < -0.4 is 10.4 Å². The fourth-order valence-electron chi connectivity index (χ4n) is 6.10. The van der Waals surface area contributed by atoms with Crippen molar-refractivity contribution in [3.05, 3.63) is 97.1 Å². The van der Waals surface area contributed by atoms with Crippen molar-refractivity contribution in [3.8, 4) is 0 Å². The first-order valence-corrected chi connectivity index (χ1v) is 44.3. The standard InChI is InChI=1S/C27H48O7Si4.C9H18O3Si.C9H14OSi.C4H12OSi.6CH4.2H2/c1-22(2)26(29)25(28)18-21-36(7,8)33-38(11,24-16-13-12-14-17-24)34-37(9,10)32-35(5,6)20-15-19-31-27(30)23(3)4;1-8(2)9(10)12-6-5-7-13(3,4)11;1-10-11(2,3)9-7-5-4-6-8-9;1-5-6(2,3)4;;;;;;;;/h12-14,16-17,25,28H,1,3,15,18-21H2,2,4-11H3;11H,1,5-7H2,2-4H3;4-8H,1-3H3;1-4H3;6*1H4;2*1H/i;;;;;;;;;;2*1+1D. The Morgan fingerprint density at radius 2 is 0.919 bits per heavy atom. The molecule has 0 bridgehead atoms. The number of ketones is 1. The van der Waals surface area contributed by atoms with Crippen LogP contribution in [0, 0.1) is 0 Å². The second kappa shape index (κ2) is 40.7. The van der Waals surface area contributed by atoms with Crippen LogP contribution in [-0.2, 0) is 45.1 Å². The van der Waals surface area contributed by atoms with E-state index in [4.69, 9.17) is 36.6 Å². The van der Waals surface area contributed by atoms with Crippen molar-refractivity contribution in [2.75, 3.05) is 27.4 Å². The van der Waals surface area contributed by atoms with Crippen molar-refractivity contribution in [1.29, 1.82) is 0 Å². The predicted octanol–water partition coefficient (Wildman–Crippen LogP) is 14.7. The fraction of sp³-hybridized carbons (Fsp3) is 0.618. The molecular formula is C55H120O12Si7. The van der Waals surface area contributed by atoms with Gasteiger partial charge in [0.1, 0.15) is 6.10 Å². The van der Waals surface area contributed by atoms with E-state index < -0.39 is 64.8 Å². The van der Waals surface area contributed by atoms with E-state index in [9.17, 15) is 24.3 Å². The van der Waals surface area contributed by atoms with Gasteiger partial charge in [-0.05, 0) is 166 Å². The highest BCUT2D eigenvalue weighted by atomic mass is 28.5. The molecule has 0 aliphatic heterocycles. The number of Topliss-reactive ketones (excluding diaryl/α,β-unsaturated/α-hetero) is 1. The number of ether oxygens (including phenoxy) is 2. The van der Waals surface area contributed by atoms with E-state index in [0.717, 1.165) is 30.1 Å². The van der Waals surface area contributed by atoms with Crippen molar-refractivity contribution in [3.63, 3.8) is 0 Å². The van der Waals surface area contributed by atoms with Gasteiger partial charge in [-0.1, -0.05) is 125 Å². The third kappa shape index (κ3) is 42.6. The molecule has 0 saturated heterocycles. The zero-order chi connectivity index (χ0) is 57.4. The molecule has 74 heavy (non-hydrogen) atoms. The van der Waals surface area contributed by atoms with E-state index >= 15 is 0 Å². The number of hydrogen-bond acceptors (Lipinski definition) is 12. The van der Waals surface area contributed by atoms with Crippen LogP contribution in [0.15, 0.2) is 97.1 Å². The molecule has 12 nitrogen and oxygen atoms in total. The van der Waals surface area contributed by atoms with Crippen molar-refractivity contribution in [2.24, 2.45) is 0 Å². The van der Waals surface area contributed by atoms with Gasteiger partial charge in [0, 0.05) is 31.3 Å². The molecule has 2 unspecified atom stereocenters. The number of carbonyl (C=O) groups is 3. The maximum atomic E-state index is 12.1. The highest BCUT2D eigenvalue weighted by Crippen LogP contribution is 2.28. The van der Waals surface area contributed by atoms with Gasteiger partial charge < -0.3 is 40.6 Å². The Hall–Kier alpha value is -2.49. The Morgan fingerprint density at radius 3 is 1.26 bits per heavy atom. The summed E-state index contributed by atoms with van der Waals surface area (Å²) in [5.74, 6) is -1.04. The number of aliphatic hydroxyl groups excluding tert-OH is 1. The lowest BCUT2D eigenvalue weighted by Gasteiger charge is -2.42. The number of hydrogen-bond donors (Lipinski definition) is 2. The molecule has 0 fully saturated rings. The summed E-state index contributed by atoms with van der Waals surface area (Å²) in [4.78, 5) is 44.1. The third-order valence-electron chi connectivity index (χ3n) is 10.1. The maximum absolute atomic E-state index is 12.1.